The highest BCUT2D eigenvalue weighted by molar-refractivity contribution is 5.55. The highest BCUT2D eigenvalue weighted by atomic mass is 16.6. The molecule has 0 aromatic heterocycles. The molecule has 1 aromatic carbocycles. The molecule has 0 spiro atoms. The van der Waals surface area contributed by atoms with Crippen LogP contribution in [-0.4, -0.2) is 22.7 Å². The molecule has 2 atom stereocenters. The fourth-order valence-electron chi connectivity index (χ4n) is 2.63. The maximum Gasteiger partial charge on any atom is 0.269 e. The van der Waals surface area contributed by atoms with E-state index in [1.807, 2.05) is 6.92 Å². The molecule has 19 heavy (non-hydrogen) atoms. The van der Waals surface area contributed by atoms with Crippen molar-refractivity contribution in [2.75, 3.05) is 11.9 Å². The van der Waals surface area contributed by atoms with Crippen LogP contribution in [0.2, 0.25) is 0 Å². The molecule has 5 heteroatoms. The average molecular weight is 264 g/mol. The van der Waals surface area contributed by atoms with E-state index in [1.165, 1.54) is 12.5 Å². The summed E-state index contributed by atoms with van der Waals surface area (Å²) in [6.45, 7) is 2.58. The van der Waals surface area contributed by atoms with Gasteiger partial charge in [0.1, 0.15) is 0 Å². The fourth-order valence-corrected chi connectivity index (χ4v) is 2.63. The fraction of sp³-hybridized carbons (Fsp3) is 0.571. The molecule has 0 saturated heterocycles. The molecule has 0 aliphatic heterocycles. The van der Waals surface area contributed by atoms with Crippen LogP contribution in [0.5, 0.6) is 0 Å². The molecule has 2 N–H and O–H groups in total. The van der Waals surface area contributed by atoms with E-state index in [9.17, 15) is 15.2 Å². The number of aliphatic hydroxyl groups is 1. The van der Waals surface area contributed by atoms with Crippen molar-refractivity contribution in [1.29, 1.82) is 0 Å². The quantitative estimate of drug-likeness (QED) is 0.647. The van der Waals surface area contributed by atoms with Gasteiger partial charge in [0.15, 0.2) is 0 Å². The first-order valence-electron chi connectivity index (χ1n) is 6.75. The van der Waals surface area contributed by atoms with E-state index in [-0.39, 0.29) is 22.6 Å². The van der Waals surface area contributed by atoms with Gasteiger partial charge in [-0.15, -0.1) is 0 Å². The number of benzene rings is 1. The Hall–Kier alpha value is -1.62. The molecule has 5 nitrogen and oxygen atoms in total. The number of aliphatic hydroxyl groups excluding tert-OH is 1. The van der Waals surface area contributed by atoms with Gasteiger partial charge in [-0.25, -0.2) is 0 Å². The van der Waals surface area contributed by atoms with Crippen molar-refractivity contribution in [2.24, 2.45) is 5.92 Å². The van der Waals surface area contributed by atoms with Crippen LogP contribution < -0.4 is 5.32 Å². The van der Waals surface area contributed by atoms with Crippen molar-refractivity contribution < 1.29 is 10.0 Å². The van der Waals surface area contributed by atoms with Gasteiger partial charge in [0, 0.05) is 30.3 Å². The Morgan fingerprint density at radius 2 is 2.16 bits per heavy atom. The third-order valence-corrected chi connectivity index (χ3v) is 3.84. The van der Waals surface area contributed by atoms with Crippen molar-refractivity contribution in [3.63, 3.8) is 0 Å². The second-order valence-corrected chi connectivity index (χ2v) is 5.25. The van der Waals surface area contributed by atoms with Crippen LogP contribution in [0.25, 0.3) is 0 Å². The Bertz CT molecular complexity index is 462. The van der Waals surface area contributed by atoms with Gasteiger partial charge < -0.3 is 10.4 Å². The molecule has 1 aliphatic carbocycles. The number of nitrogens with zero attached hydrogens (tertiary/aromatic N) is 1. The smallest absolute Gasteiger partial charge is 0.269 e. The minimum atomic E-state index is -0.387. The molecule has 1 aliphatic rings. The summed E-state index contributed by atoms with van der Waals surface area (Å²) in [5.74, 6) is 0.281. The van der Waals surface area contributed by atoms with E-state index in [0.29, 0.717) is 0 Å². The van der Waals surface area contributed by atoms with E-state index in [1.54, 1.807) is 12.1 Å². The number of nitro benzene ring substituents is 1. The van der Waals surface area contributed by atoms with Crippen molar-refractivity contribution in [1.82, 2.24) is 0 Å². The van der Waals surface area contributed by atoms with Gasteiger partial charge in [-0.2, -0.15) is 0 Å². The molecule has 2 rings (SSSR count). The topological polar surface area (TPSA) is 75.4 Å². The molecule has 104 valence electrons. The van der Waals surface area contributed by atoms with Gasteiger partial charge in [-0.3, -0.25) is 10.1 Å². The summed E-state index contributed by atoms with van der Waals surface area (Å²) in [5.41, 5.74) is 1.88. The molecule has 2 unspecified atom stereocenters. The maximum atomic E-state index is 10.7. The number of nitrogens with one attached hydrogen (secondary N) is 1. The van der Waals surface area contributed by atoms with Crippen LogP contribution in [0.3, 0.4) is 0 Å². The Balaban J connectivity index is 1.97. The largest absolute Gasteiger partial charge is 0.393 e. The molecule has 1 aromatic rings. The minimum absolute atomic E-state index is 0.112. The average Bonchev–Trinajstić information content (AvgIpc) is 2.39. The monoisotopic (exact) mass is 264 g/mol. The number of non-ortho nitro benzene ring substituents is 1. The van der Waals surface area contributed by atoms with E-state index in [4.69, 9.17) is 0 Å². The van der Waals surface area contributed by atoms with Gasteiger partial charge in [-0.1, -0.05) is 12.8 Å². The first-order chi connectivity index (χ1) is 9.08. The number of anilines is 1. The Morgan fingerprint density at radius 3 is 2.79 bits per heavy atom. The van der Waals surface area contributed by atoms with Crippen LogP contribution in [-0.2, 0) is 0 Å². The Kier molecular flexibility index (Phi) is 4.37. The molecule has 1 fully saturated rings. The third kappa shape index (κ3) is 3.44. The molecule has 1 saturated carbocycles. The third-order valence-electron chi connectivity index (χ3n) is 3.84. The summed E-state index contributed by atoms with van der Waals surface area (Å²) in [4.78, 5) is 10.3. The first-order valence-corrected chi connectivity index (χ1v) is 6.75. The summed E-state index contributed by atoms with van der Waals surface area (Å²) in [6, 6.07) is 4.81. The number of aryl methyl sites for hydroxylation is 1. The number of nitro groups is 1. The van der Waals surface area contributed by atoms with E-state index >= 15 is 0 Å². The van der Waals surface area contributed by atoms with Gasteiger partial charge in [0.05, 0.1) is 11.0 Å². The van der Waals surface area contributed by atoms with Crippen LogP contribution in [0.1, 0.15) is 31.2 Å². The lowest BCUT2D eigenvalue weighted by molar-refractivity contribution is -0.384. The molecule has 0 heterocycles. The van der Waals surface area contributed by atoms with Gasteiger partial charge in [0.25, 0.3) is 5.69 Å². The Labute approximate surface area is 112 Å². The number of rotatable bonds is 4. The molecular formula is C14H20N2O3. The summed E-state index contributed by atoms with van der Waals surface area (Å²) in [7, 11) is 0. The summed E-state index contributed by atoms with van der Waals surface area (Å²) in [6.07, 6.45) is 3.97. The van der Waals surface area contributed by atoms with Gasteiger partial charge in [-0.05, 0) is 31.4 Å². The lowest BCUT2D eigenvalue weighted by Crippen LogP contribution is -2.30. The second-order valence-electron chi connectivity index (χ2n) is 5.25. The van der Waals surface area contributed by atoms with Crippen molar-refractivity contribution >= 4 is 11.4 Å². The van der Waals surface area contributed by atoms with Gasteiger partial charge in [0.2, 0.25) is 0 Å². The SMILES string of the molecule is Cc1cc([N+](=O)[O-])ccc1NCC1CCCCC1O. The van der Waals surface area contributed by atoms with Crippen LogP contribution >= 0.6 is 0 Å². The van der Waals surface area contributed by atoms with Crippen molar-refractivity contribution in [3.8, 4) is 0 Å². The number of hydrogen-bond donors (Lipinski definition) is 2. The highest BCUT2D eigenvalue weighted by Gasteiger charge is 2.22. The zero-order valence-electron chi connectivity index (χ0n) is 11.1. The van der Waals surface area contributed by atoms with Gasteiger partial charge >= 0.3 is 0 Å². The lowest BCUT2D eigenvalue weighted by atomic mass is 9.86. The summed E-state index contributed by atoms with van der Waals surface area (Å²) >= 11 is 0. The zero-order chi connectivity index (χ0) is 13.8. The van der Waals surface area contributed by atoms with E-state index in [2.05, 4.69) is 5.32 Å². The Morgan fingerprint density at radius 1 is 1.42 bits per heavy atom. The second kappa shape index (κ2) is 6.02. The molecular weight excluding hydrogens is 244 g/mol. The minimum Gasteiger partial charge on any atom is -0.393 e. The van der Waals surface area contributed by atoms with Crippen LogP contribution in [0.15, 0.2) is 18.2 Å². The van der Waals surface area contributed by atoms with Crippen molar-refractivity contribution in [3.05, 3.63) is 33.9 Å². The highest BCUT2D eigenvalue weighted by Crippen LogP contribution is 2.26. The first kappa shape index (κ1) is 13.8. The predicted molar refractivity (Wildman–Crippen MR) is 74.3 cm³/mol. The predicted octanol–water partition coefficient (Wildman–Crippen LogP) is 2.87. The number of hydrogen-bond acceptors (Lipinski definition) is 4. The molecule has 0 radical (unpaired) electrons. The zero-order valence-corrected chi connectivity index (χ0v) is 11.1. The van der Waals surface area contributed by atoms with Crippen LogP contribution in [0.4, 0.5) is 11.4 Å². The van der Waals surface area contributed by atoms with Crippen LogP contribution in [0, 0.1) is 23.0 Å². The summed E-state index contributed by atoms with van der Waals surface area (Å²) in [5, 5.41) is 23.9. The van der Waals surface area contributed by atoms with E-state index in [0.717, 1.165) is 37.1 Å². The standard InChI is InChI=1S/C14H20N2O3/c1-10-8-12(16(18)19)6-7-13(10)15-9-11-4-2-3-5-14(11)17/h6-8,11,14-15,17H,2-5,9H2,1H3. The molecule has 0 bridgehead atoms. The lowest BCUT2D eigenvalue weighted by Gasteiger charge is -2.28. The molecule has 0 amide bonds. The maximum absolute atomic E-state index is 10.7. The normalized spacial score (nSPS) is 23.1. The summed E-state index contributed by atoms with van der Waals surface area (Å²) < 4.78 is 0. The van der Waals surface area contributed by atoms with E-state index < -0.39 is 0 Å². The van der Waals surface area contributed by atoms with Crippen molar-refractivity contribution in [2.45, 2.75) is 38.7 Å².